The van der Waals surface area contributed by atoms with Crippen molar-refractivity contribution >= 4 is 24.4 Å². The number of nitrogens with zero attached hydrogens (tertiary/aromatic N) is 2. The van der Waals surface area contributed by atoms with E-state index in [9.17, 15) is 4.79 Å². The first-order valence-corrected chi connectivity index (χ1v) is 12.3. The minimum Gasteiger partial charge on any atom is -0.448 e. The number of carbonyl (C=O) groups excluding carboxylic acids is 1. The van der Waals surface area contributed by atoms with Crippen molar-refractivity contribution in [1.29, 1.82) is 0 Å². The van der Waals surface area contributed by atoms with Gasteiger partial charge in [-0.25, -0.2) is 4.79 Å². The molecule has 2 N–H and O–H groups in total. The van der Waals surface area contributed by atoms with Crippen molar-refractivity contribution in [2.24, 2.45) is 5.73 Å². The van der Waals surface area contributed by atoms with E-state index in [0.29, 0.717) is 26.2 Å². The highest BCUT2D eigenvalue weighted by Crippen LogP contribution is 2.44. The normalized spacial score (nSPS) is 15.3. The van der Waals surface area contributed by atoms with Gasteiger partial charge < -0.3 is 20.3 Å². The summed E-state index contributed by atoms with van der Waals surface area (Å²) in [6, 6.07) is 19.0. The van der Waals surface area contributed by atoms with Gasteiger partial charge in [0.25, 0.3) is 0 Å². The summed E-state index contributed by atoms with van der Waals surface area (Å²) in [6.07, 6.45) is -0.236. The number of hydrogen-bond donors (Lipinski definition) is 2. The van der Waals surface area contributed by atoms with Gasteiger partial charge in [0.2, 0.25) is 0 Å². The van der Waals surface area contributed by atoms with Gasteiger partial charge in [0.1, 0.15) is 6.61 Å². The van der Waals surface area contributed by atoms with Crippen LogP contribution in [0, 0.1) is 13.8 Å². The van der Waals surface area contributed by atoms with E-state index in [-0.39, 0.29) is 12.0 Å². The van der Waals surface area contributed by atoms with E-state index < -0.39 is 0 Å². The second kappa shape index (κ2) is 9.35. The molecular weight excluding hydrogens is 442 g/mol. The summed E-state index contributed by atoms with van der Waals surface area (Å²) >= 11 is 4.72. The Kier molecular flexibility index (Phi) is 6.28. The summed E-state index contributed by atoms with van der Waals surface area (Å²) in [6.45, 7) is 7.78. The first-order valence-electron chi connectivity index (χ1n) is 11.9. The molecule has 0 unspecified atom stereocenters. The zero-order chi connectivity index (χ0) is 23.8. The van der Waals surface area contributed by atoms with Gasteiger partial charge in [-0.2, -0.15) is 0 Å². The summed E-state index contributed by atoms with van der Waals surface area (Å²) in [5.74, 6) is 0.0799. The Bertz CT molecular complexity index is 1190. The molecule has 1 saturated heterocycles. The summed E-state index contributed by atoms with van der Waals surface area (Å²) in [7, 11) is 0. The largest absolute Gasteiger partial charge is 0.448 e. The van der Waals surface area contributed by atoms with Crippen LogP contribution < -0.4 is 10.6 Å². The molecule has 176 valence electrons. The lowest BCUT2D eigenvalue weighted by Crippen LogP contribution is -2.49. The number of nitrogens with two attached hydrogens (primary N) is 1. The van der Waals surface area contributed by atoms with Crippen molar-refractivity contribution in [3.8, 4) is 11.1 Å². The molecule has 5 nitrogen and oxygen atoms in total. The fourth-order valence-electron chi connectivity index (χ4n) is 5.29. The summed E-state index contributed by atoms with van der Waals surface area (Å²) in [5, 5.41) is 0. The molecule has 0 atom stereocenters. The molecule has 1 fully saturated rings. The first kappa shape index (κ1) is 22.8. The molecule has 3 aromatic rings. The van der Waals surface area contributed by atoms with Gasteiger partial charge in [-0.1, -0.05) is 48.5 Å². The third-order valence-electron chi connectivity index (χ3n) is 7.32. The Hall–Kier alpha value is -2.96. The number of ether oxygens (including phenoxy) is 1. The number of anilines is 1. The molecule has 0 spiro atoms. The third kappa shape index (κ3) is 3.95. The molecule has 3 aromatic carbocycles. The summed E-state index contributed by atoms with van der Waals surface area (Å²) in [4.78, 5) is 18.1. The predicted octanol–water partition coefficient (Wildman–Crippen LogP) is 5.12. The number of carbonyl (C=O) groups is 1. The number of fused-ring (bicyclic) bond motifs is 3. The molecule has 34 heavy (non-hydrogen) atoms. The number of thiol groups is 1. The van der Waals surface area contributed by atoms with Gasteiger partial charge in [-0.3, -0.25) is 0 Å². The van der Waals surface area contributed by atoms with E-state index in [1.54, 1.807) is 0 Å². The number of piperazine rings is 1. The van der Waals surface area contributed by atoms with Crippen molar-refractivity contribution in [3.05, 3.63) is 82.4 Å². The van der Waals surface area contributed by atoms with Crippen LogP contribution in [-0.2, 0) is 11.3 Å². The van der Waals surface area contributed by atoms with Gasteiger partial charge in [0, 0.05) is 49.2 Å². The van der Waals surface area contributed by atoms with E-state index in [1.165, 1.54) is 22.3 Å². The minimum absolute atomic E-state index is 0.0799. The molecule has 1 amide bonds. The molecule has 1 aliphatic carbocycles. The van der Waals surface area contributed by atoms with Gasteiger partial charge >= 0.3 is 6.09 Å². The molecule has 2 aliphatic rings. The Morgan fingerprint density at radius 1 is 0.971 bits per heavy atom. The van der Waals surface area contributed by atoms with E-state index in [1.807, 2.05) is 4.90 Å². The van der Waals surface area contributed by atoms with Crippen LogP contribution in [0.1, 0.15) is 33.7 Å². The number of amides is 1. The Morgan fingerprint density at radius 2 is 1.56 bits per heavy atom. The fraction of sp³-hybridized carbons (Fsp3) is 0.321. The lowest BCUT2D eigenvalue weighted by atomic mass is 9.98. The highest BCUT2D eigenvalue weighted by molar-refractivity contribution is 7.80. The van der Waals surface area contributed by atoms with Crippen molar-refractivity contribution in [2.45, 2.75) is 31.2 Å². The molecule has 0 aromatic heterocycles. The fourth-order valence-corrected chi connectivity index (χ4v) is 5.55. The van der Waals surface area contributed by atoms with Gasteiger partial charge in [-0.05, 0) is 58.9 Å². The molecule has 5 rings (SSSR count). The lowest BCUT2D eigenvalue weighted by Gasteiger charge is -2.37. The predicted molar refractivity (Wildman–Crippen MR) is 140 cm³/mol. The first-order chi connectivity index (χ1) is 16.5. The van der Waals surface area contributed by atoms with E-state index >= 15 is 0 Å². The molecule has 0 bridgehead atoms. The highest BCUT2D eigenvalue weighted by atomic mass is 32.1. The maximum Gasteiger partial charge on any atom is 0.409 e. The van der Waals surface area contributed by atoms with Crippen LogP contribution >= 0.6 is 12.6 Å². The van der Waals surface area contributed by atoms with E-state index in [4.69, 9.17) is 23.1 Å². The van der Waals surface area contributed by atoms with Crippen molar-refractivity contribution in [2.75, 3.05) is 37.7 Å². The summed E-state index contributed by atoms with van der Waals surface area (Å²) < 4.78 is 5.85. The zero-order valence-corrected chi connectivity index (χ0v) is 20.6. The van der Waals surface area contributed by atoms with Crippen molar-refractivity contribution < 1.29 is 9.53 Å². The second-order valence-electron chi connectivity index (χ2n) is 9.14. The maximum absolute atomic E-state index is 12.9. The second-order valence-corrected chi connectivity index (χ2v) is 9.58. The van der Waals surface area contributed by atoms with Crippen LogP contribution in [0.2, 0.25) is 0 Å². The lowest BCUT2D eigenvalue weighted by molar-refractivity contribution is 0.0977. The van der Waals surface area contributed by atoms with Crippen LogP contribution in [0.5, 0.6) is 0 Å². The molecule has 1 heterocycles. The Labute approximate surface area is 206 Å². The average Bonchev–Trinajstić information content (AvgIpc) is 3.20. The zero-order valence-electron chi connectivity index (χ0n) is 19.8. The van der Waals surface area contributed by atoms with Gasteiger partial charge in [0.05, 0.1) is 0 Å². The van der Waals surface area contributed by atoms with Gasteiger partial charge in [0.15, 0.2) is 0 Å². The van der Waals surface area contributed by atoms with Crippen LogP contribution in [0.4, 0.5) is 10.5 Å². The topological polar surface area (TPSA) is 58.8 Å². The maximum atomic E-state index is 12.9. The van der Waals surface area contributed by atoms with Crippen molar-refractivity contribution in [1.82, 2.24) is 4.90 Å². The highest BCUT2D eigenvalue weighted by Gasteiger charge is 2.30. The molecule has 0 radical (unpaired) electrons. The minimum atomic E-state index is -0.236. The quantitative estimate of drug-likeness (QED) is 0.516. The summed E-state index contributed by atoms with van der Waals surface area (Å²) in [5.41, 5.74) is 15.5. The standard InChI is InChI=1S/C28H31N3O2S/c1-18-20(16-29)15-26(19(2)27(18)34)30-11-13-31(14-12-30)28(32)33-17-25-23-9-5-3-7-21(23)22-8-4-6-10-24(22)25/h3-10,15,25,34H,11-14,16-17,29H2,1-2H3. The molecule has 6 heteroatoms. The molecule has 1 aliphatic heterocycles. The van der Waals surface area contributed by atoms with Crippen LogP contribution in [-0.4, -0.2) is 43.8 Å². The third-order valence-corrected chi connectivity index (χ3v) is 7.99. The Balaban J connectivity index is 1.24. The van der Waals surface area contributed by atoms with Gasteiger partial charge in [-0.15, -0.1) is 12.6 Å². The van der Waals surface area contributed by atoms with Crippen LogP contribution in [0.3, 0.4) is 0 Å². The van der Waals surface area contributed by atoms with E-state index in [2.05, 4.69) is 73.3 Å². The number of rotatable bonds is 4. The SMILES string of the molecule is Cc1c(CN)cc(N2CCN(C(=O)OCC3c4ccccc4-c4ccccc43)CC2)c(C)c1S. The molecular formula is C28H31N3O2S. The van der Waals surface area contributed by atoms with Crippen molar-refractivity contribution in [3.63, 3.8) is 0 Å². The number of hydrogen-bond acceptors (Lipinski definition) is 5. The monoisotopic (exact) mass is 473 g/mol. The smallest absolute Gasteiger partial charge is 0.409 e. The van der Waals surface area contributed by atoms with Crippen LogP contribution in [0.25, 0.3) is 11.1 Å². The van der Waals surface area contributed by atoms with E-state index in [0.717, 1.165) is 40.4 Å². The number of benzene rings is 3. The van der Waals surface area contributed by atoms with Crippen LogP contribution in [0.15, 0.2) is 59.5 Å². The average molecular weight is 474 g/mol. The Morgan fingerprint density at radius 3 is 2.15 bits per heavy atom. The molecule has 0 saturated carbocycles.